The third kappa shape index (κ3) is 0.410. The van der Waals surface area contributed by atoms with Gasteiger partial charge in [-0.05, 0) is 30.6 Å². The molecule has 2 aliphatic rings. The third-order valence-electron chi connectivity index (χ3n) is 2.81. The molecule has 2 aliphatic carbocycles. The average molecular weight is 108 g/mol. The topological polar surface area (TPSA) is 0 Å². The lowest BCUT2D eigenvalue weighted by Gasteiger charge is -2.02. The molecule has 8 heavy (non-hydrogen) atoms. The van der Waals surface area contributed by atoms with Gasteiger partial charge in [0.25, 0.3) is 0 Å². The Morgan fingerprint density at radius 2 is 1.88 bits per heavy atom. The predicted molar refractivity (Wildman–Crippen MR) is 34.6 cm³/mol. The van der Waals surface area contributed by atoms with Gasteiger partial charge >= 0.3 is 0 Å². The number of hydrogen-bond acceptors (Lipinski definition) is 0. The van der Waals surface area contributed by atoms with Gasteiger partial charge in [-0.3, -0.25) is 0 Å². The van der Waals surface area contributed by atoms with Gasteiger partial charge in [-0.25, -0.2) is 0 Å². The second kappa shape index (κ2) is 1.18. The van der Waals surface area contributed by atoms with E-state index in [2.05, 4.69) is 19.1 Å². The summed E-state index contributed by atoms with van der Waals surface area (Å²) in [6, 6.07) is 0. The Balaban J connectivity index is 2.10. The molecule has 44 valence electrons. The summed E-state index contributed by atoms with van der Waals surface area (Å²) in [6.45, 7) is 2.37. The fourth-order valence-corrected chi connectivity index (χ4v) is 1.84. The number of hydrogen-bond donors (Lipinski definition) is 0. The van der Waals surface area contributed by atoms with Crippen LogP contribution in [0.15, 0.2) is 12.2 Å². The molecule has 0 heterocycles. The van der Waals surface area contributed by atoms with Gasteiger partial charge in [0.05, 0.1) is 0 Å². The Morgan fingerprint density at radius 3 is 2.12 bits per heavy atom. The summed E-state index contributed by atoms with van der Waals surface area (Å²) in [5.41, 5.74) is 0.792. The minimum Gasteiger partial charge on any atom is -0.0879 e. The molecule has 0 aromatic rings. The minimum absolute atomic E-state index is 0.792. The van der Waals surface area contributed by atoms with Crippen molar-refractivity contribution in [2.75, 3.05) is 0 Å². The van der Waals surface area contributed by atoms with Gasteiger partial charge in [0.1, 0.15) is 0 Å². The van der Waals surface area contributed by atoms with Crippen LogP contribution in [0.25, 0.3) is 0 Å². The standard InChI is InChI=1S/C8H12/c1-7-6-8(7)4-2-3-5-8/h2-3,7H,4-6H2,1H3. The van der Waals surface area contributed by atoms with Crippen LogP contribution in [0, 0.1) is 11.3 Å². The zero-order valence-electron chi connectivity index (χ0n) is 5.35. The van der Waals surface area contributed by atoms with Crippen LogP contribution in [0.4, 0.5) is 0 Å². The zero-order chi connectivity index (χ0) is 5.61. The zero-order valence-corrected chi connectivity index (χ0v) is 5.35. The lowest BCUT2D eigenvalue weighted by atomic mass is 10.0. The molecule has 1 spiro atoms. The molecule has 0 saturated heterocycles. The molecule has 1 atom stereocenters. The second-order valence-electron chi connectivity index (χ2n) is 3.35. The van der Waals surface area contributed by atoms with Crippen molar-refractivity contribution in [3.63, 3.8) is 0 Å². The SMILES string of the molecule is CC1CC12CC=CC2. The summed E-state index contributed by atoms with van der Waals surface area (Å²) in [4.78, 5) is 0. The van der Waals surface area contributed by atoms with E-state index in [-0.39, 0.29) is 0 Å². The fraction of sp³-hybridized carbons (Fsp3) is 0.750. The predicted octanol–water partition coefficient (Wildman–Crippen LogP) is 2.36. The van der Waals surface area contributed by atoms with Crippen molar-refractivity contribution in [2.45, 2.75) is 26.2 Å². The lowest BCUT2D eigenvalue weighted by Crippen LogP contribution is -1.93. The summed E-state index contributed by atoms with van der Waals surface area (Å²) in [5, 5.41) is 0. The van der Waals surface area contributed by atoms with Gasteiger partial charge < -0.3 is 0 Å². The van der Waals surface area contributed by atoms with E-state index in [0.717, 1.165) is 11.3 Å². The Bertz CT molecular complexity index is 125. The molecule has 2 rings (SSSR count). The van der Waals surface area contributed by atoms with Crippen LogP contribution in [0.2, 0.25) is 0 Å². The maximum atomic E-state index is 2.37. The van der Waals surface area contributed by atoms with Gasteiger partial charge in [0, 0.05) is 0 Å². The Labute approximate surface area is 50.6 Å². The molecule has 0 aromatic heterocycles. The summed E-state index contributed by atoms with van der Waals surface area (Å²) < 4.78 is 0. The summed E-state index contributed by atoms with van der Waals surface area (Å²) in [6.07, 6.45) is 8.90. The second-order valence-corrected chi connectivity index (χ2v) is 3.35. The van der Waals surface area contributed by atoms with Crippen molar-refractivity contribution in [3.8, 4) is 0 Å². The molecule has 0 nitrogen and oxygen atoms in total. The van der Waals surface area contributed by atoms with Gasteiger partial charge in [-0.15, -0.1) is 0 Å². The summed E-state index contributed by atoms with van der Waals surface area (Å²) in [5.74, 6) is 1.03. The van der Waals surface area contributed by atoms with E-state index in [1.54, 1.807) is 0 Å². The summed E-state index contributed by atoms with van der Waals surface area (Å²) >= 11 is 0. The molecule has 0 bridgehead atoms. The molecule has 1 saturated carbocycles. The highest BCUT2D eigenvalue weighted by atomic mass is 14.5. The maximum Gasteiger partial charge on any atom is -0.0200 e. The van der Waals surface area contributed by atoms with Crippen LogP contribution < -0.4 is 0 Å². The number of allylic oxidation sites excluding steroid dienone is 2. The van der Waals surface area contributed by atoms with Crippen LogP contribution in [-0.4, -0.2) is 0 Å². The third-order valence-corrected chi connectivity index (χ3v) is 2.81. The van der Waals surface area contributed by atoms with Crippen molar-refractivity contribution >= 4 is 0 Å². The number of rotatable bonds is 0. The van der Waals surface area contributed by atoms with Crippen molar-refractivity contribution in [1.82, 2.24) is 0 Å². The van der Waals surface area contributed by atoms with Gasteiger partial charge in [0.2, 0.25) is 0 Å². The van der Waals surface area contributed by atoms with E-state index in [1.807, 2.05) is 0 Å². The maximum absolute atomic E-state index is 2.37. The van der Waals surface area contributed by atoms with Crippen molar-refractivity contribution < 1.29 is 0 Å². The van der Waals surface area contributed by atoms with Gasteiger partial charge in [-0.1, -0.05) is 19.1 Å². The van der Waals surface area contributed by atoms with Crippen LogP contribution in [-0.2, 0) is 0 Å². The first-order valence-electron chi connectivity index (χ1n) is 3.48. The summed E-state index contributed by atoms with van der Waals surface area (Å²) in [7, 11) is 0. The van der Waals surface area contributed by atoms with Crippen LogP contribution in [0.5, 0.6) is 0 Å². The van der Waals surface area contributed by atoms with Crippen LogP contribution in [0.1, 0.15) is 26.2 Å². The Kier molecular flexibility index (Phi) is 0.677. The lowest BCUT2D eigenvalue weighted by molar-refractivity contribution is 0.507. The highest BCUT2D eigenvalue weighted by Gasteiger charge is 2.50. The van der Waals surface area contributed by atoms with Crippen LogP contribution in [0.3, 0.4) is 0 Å². The monoisotopic (exact) mass is 108 g/mol. The quantitative estimate of drug-likeness (QED) is 0.418. The Hall–Kier alpha value is -0.260. The molecule has 0 aliphatic heterocycles. The van der Waals surface area contributed by atoms with Gasteiger partial charge in [0.15, 0.2) is 0 Å². The smallest absolute Gasteiger partial charge is 0.0200 e. The van der Waals surface area contributed by atoms with Crippen molar-refractivity contribution in [2.24, 2.45) is 11.3 Å². The molecule has 0 N–H and O–H groups in total. The van der Waals surface area contributed by atoms with E-state index in [4.69, 9.17) is 0 Å². The van der Waals surface area contributed by atoms with E-state index in [0.29, 0.717) is 0 Å². The van der Waals surface area contributed by atoms with Crippen LogP contribution >= 0.6 is 0 Å². The average Bonchev–Trinajstić information content (AvgIpc) is 2.29. The van der Waals surface area contributed by atoms with Crippen molar-refractivity contribution in [1.29, 1.82) is 0 Å². The molecule has 1 fully saturated rings. The molecule has 1 unspecified atom stereocenters. The first-order valence-corrected chi connectivity index (χ1v) is 3.48. The highest BCUT2D eigenvalue weighted by Crippen LogP contribution is 2.60. The van der Waals surface area contributed by atoms with E-state index >= 15 is 0 Å². The largest absolute Gasteiger partial charge is 0.0879 e. The molecular weight excluding hydrogens is 96.1 g/mol. The first kappa shape index (κ1) is 4.60. The first-order chi connectivity index (χ1) is 3.83. The van der Waals surface area contributed by atoms with E-state index < -0.39 is 0 Å². The fourth-order valence-electron chi connectivity index (χ4n) is 1.84. The molecule has 0 heteroatoms. The van der Waals surface area contributed by atoms with Gasteiger partial charge in [-0.2, -0.15) is 0 Å². The van der Waals surface area contributed by atoms with Crippen molar-refractivity contribution in [3.05, 3.63) is 12.2 Å². The molecular formula is C8H12. The Morgan fingerprint density at radius 1 is 1.38 bits per heavy atom. The van der Waals surface area contributed by atoms with E-state index in [1.165, 1.54) is 19.3 Å². The molecule has 0 radical (unpaired) electrons. The minimum atomic E-state index is 0.792. The normalized spacial score (nSPS) is 38.9. The van der Waals surface area contributed by atoms with E-state index in [9.17, 15) is 0 Å². The highest BCUT2D eigenvalue weighted by molar-refractivity contribution is 5.13. The molecule has 0 amide bonds. The molecule has 0 aromatic carbocycles.